The standard InChI is InChI=1S/C31H41N11/c1-9-39(10-2)30-26(24-15-13-18(5)20(7)41(24)37-30)34-28-22(32)17-23(33)29(36-28)35-27-25-16-14-19(6)21(8)42(25)38-31(27)40(11-3)12-4/h13-17,32H,9-12,33H2,1-8H3,(H,34,35,36). The lowest BCUT2D eigenvalue weighted by Crippen LogP contribution is -2.30. The van der Waals surface area contributed by atoms with Gasteiger partial charge >= 0.3 is 0 Å². The second kappa shape index (κ2) is 11.3. The van der Waals surface area contributed by atoms with Gasteiger partial charge in [-0.2, -0.15) is 0 Å². The van der Waals surface area contributed by atoms with Gasteiger partial charge in [0.2, 0.25) is 0 Å². The van der Waals surface area contributed by atoms with Crippen LogP contribution in [0.25, 0.3) is 11.0 Å². The predicted molar refractivity (Wildman–Crippen MR) is 175 cm³/mol. The van der Waals surface area contributed by atoms with Crippen LogP contribution in [-0.4, -0.2) is 62.8 Å². The number of anilines is 3. The second-order valence-electron chi connectivity index (χ2n) is 10.5. The highest BCUT2D eigenvalue weighted by Crippen LogP contribution is 2.35. The largest absolute Gasteiger partial charge is 0.396 e. The molecule has 0 radical (unpaired) electrons. The maximum atomic E-state index is 8.75. The van der Waals surface area contributed by atoms with E-state index in [0.29, 0.717) is 23.1 Å². The predicted octanol–water partition coefficient (Wildman–Crippen LogP) is 5.32. The van der Waals surface area contributed by atoms with Gasteiger partial charge in [-0.05, 0) is 84.7 Å². The van der Waals surface area contributed by atoms with Crippen LogP contribution >= 0.6 is 0 Å². The lowest BCUT2D eigenvalue weighted by atomic mass is 10.2. The molecule has 4 N–H and O–H groups in total. The van der Waals surface area contributed by atoms with Crippen molar-refractivity contribution < 1.29 is 0 Å². The topological polar surface area (TPSA) is 128 Å². The molecule has 11 heteroatoms. The molecule has 0 amide bonds. The Morgan fingerprint density at radius 1 is 0.810 bits per heavy atom. The van der Waals surface area contributed by atoms with Crippen LogP contribution in [0.5, 0.6) is 0 Å². The number of dihydropyridines is 1. The van der Waals surface area contributed by atoms with Gasteiger partial charge in [-0.1, -0.05) is 12.1 Å². The first-order chi connectivity index (χ1) is 20.1. The van der Waals surface area contributed by atoms with Crippen LogP contribution in [0.2, 0.25) is 0 Å². The summed E-state index contributed by atoms with van der Waals surface area (Å²) < 4.78 is 3.90. The van der Waals surface area contributed by atoms with Crippen LogP contribution in [0.4, 0.5) is 23.0 Å². The summed E-state index contributed by atoms with van der Waals surface area (Å²) in [4.78, 5) is 14.2. The molecule has 0 saturated heterocycles. The third-order valence-corrected chi connectivity index (χ3v) is 8.16. The number of aryl methyl sites for hydroxylation is 4. The summed E-state index contributed by atoms with van der Waals surface area (Å²) >= 11 is 0. The number of hydrogen-bond acceptors (Lipinski definition) is 8. The maximum Gasteiger partial charge on any atom is 0.178 e. The molecular weight excluding hydrogens is 526 g/mol. The number of rotatable bonds is 8. The number of pyridine rings is 2. The normalized spacial score (nSPS) is 14.6. The number of fused-ring (bicyclic) bond motifs is 2. The number of nitrogens with one attached hydrogen (secondary N) is 2. The van der Waals surface area contributed by atoms with E-state index in [-0.39, 0.29) is 5.71 Å². The van der Waals surface area contributed by atoms with Crippen LogP contribution in [0.15, 0.2) is 46.0 Å². The molecule has 1 aliphatic rings. The minimum Gasteiger partial charge on any atom is -0.396 e. The molecule has 11 nitrogen and oxygen atoms in total. The van der Waals surface area contributed by atoms with Gasteiger partial charge in [-0.15, -0.1) is 10.2 Å². The molecule has 4 aromatic rings. The van der Waals surface area contributed by atoms with Crippen molar-refractivity contribution in [3.05, 3.63) is 58.6 Å². The smallest absolute Gasteiger partial charge is 0.178 e. The monoisotopic (exact) mass is 567 g/mol. The van der Waals surface area contributed by atoms with Gasteiger partial charge in [0.15, 0.2) is 23.3 Å². The fourth-order valence-electron chi connectivity index (χ4n) is 5.26. The van der Waals surface area contributed by atoms with E-state index in [1.165, 1.54) is 0 Å². The molecule has 5 heterocycles. The van der Waals surface area contributed by atoms with Crippen molar-refractivity contribution >= 4 is 51.4 Å². The quantitative estimate of drug-likeness (QED) is 0.264. The first-order valence-corrected chi connectivity index (χ1v) is 14.6. The second-order valence-corrected chi connectivity index (χ2v) is 10.5. The zero-order chi connectivity index (χ0) is 30.3. The van der Waals surface area contributed by atoms with Crippen molar-refractivity contribution in [3.8, 4) is 0 Å². The van der Waals surface area contributed by atoms with Gasteiger partial charge in [0.1, 0.15) is 11.4 Å². The fraction of sp³-hybridized carbons (Fsp3) is 0.387. The number of aliphatic imine (C=N–C) groups is 2. The highest BCUT2D eigenvalue weighted by molar-refractivity contribution is 6.52. The molecule has 42 heavy (non-hydrogen) atoms. The van der Waals surface area contributed by atoms with Crippen LogP contribution in [0.3, 0.4) is 0 Å². The van der Waals surface area contributed by atoms with Gasteiger partial charge < -0.3 is 20.9 Å². The Labute approximate surface area is 246 Å². The van der Waals surface area contributed by atoms with Crippen LogP contribution in [0.1, 0.15) is 50.2 Å². The molecule has 0 aliphatic carbocycles. The van der Waals surface area contributed by atoms with E-state index in [1.807, 2.05) is 15.1 Å². The SMILES string of the molecule is CCN(CC)c1nn2c(C)c(C)ccc2c1N=C1N=C(Nc2c(N(CC)CC)nn3c(C)c(C)ccc23)C(=N)C=C1N. The molecule has 0 unspecified atom stereocenters. The van der Waals surface area contributed by atoms with Crippen molar-refractivity contribution in [2.75, 3.05) is 41.3 Å². The van der Waals surface area contributed by atoms with Crippen LogP contribution < -0.4 is 20.9 Å². The summed E-state index contributed by atoms with van der Waals surface area (Å²) in [6.45, 7) is 19.8. The Morgan fingerprint density at radius 3 is 1.93 bits per heavy atom. The average Bonchev–Trinajstić information content (AvgIpc) is 3.52. The summed E-state index contributed by atoms with van der Waals surface area (Å²) in [6.07, 6.45) is 1.60. The third kappa shape index (κ3) is 4.78. The highest BCUT2D eigenvalue weighted by atomic mass is 15.4. The van der Waals surface area contributed by atoms with Gasteiger partial charge in [0.25, 0.3) is 0 Å². The molecule has 0 atom stereocenters. The fourth-order valence-corrected chi connectivity index (χ4v) is 5.26. The van der Waals surface area contributed by atoms with Crippen LogP contribution in [-0.2, 0) is 0 Å². The molecule has 220 valence electrons. The minimum absolute atomic E-state index is 0.176. The molecule has 0 fully saturated rings. The van der Waals surface area contributed by atoms with Crippen molar-refractivity contribution in [2.45, 2.75) is 55.4 Å². The first-order valence-electron chi connectivity index (χ1n) is 14.6. The van der Waals surface area contributed by atoms with E-state index in [1.54, 1.807) is 6.08 Å². The Kier molecular flexibility index (Phi) is 7.77. The Bertz CT molecular complexity index is 1780. The summed E-state index contributed by atoms with van der Waals surface area (Å²) in [6, 6.07) is 8.26. The molecule has 0 bridgehead atoms. The third-order valence-electron chi connectivity index (χ3n) is 8.16. The van der Waals surface area contributed by atoms with Gasteiger partial charge in [0, 0.05) is 37.6 Å². The van der Waals surface area contributed by atoms with Gasteiger partial charge in [-0.3, -0.25) is 5.41 Å². The zero-order valence-corrected chi connectivity index (χ0v) is 25.9. The van der Waals surface area contributed by atoms with Gasteiger partial charge in [0.05, 0.1) is 22.4 Å². The molecule has 0 spiro atoms. The number of nitrogens with two attached hydrogens (primary N) is 1. The minimum atomic E-state index is 0.176. The summed E-state index contributed by atoms with van der Waals surface area (Å²) in [5.41, 5.74) is 14.6. The molecule has 0 saturated carbocycles. The van der Waals surface area contributed by atoms with E-state index in [9.17, 15) is 0 Å². The number of aromatic nitrogens is 4. The van der Waals surface area contributed by atoms with E-state index < -0.39 is 0 Å². The van der Waals surface area contributed by atoms with E-state index >= 15 is 0 Å². The maximum absolute atomic E-state index is 8.75. The Morgan fingerprint density at radius 2 is 1.33 bits per heavy atom. The first kappa shape index (κ1) is 28.8. The number of amidine groups is 2. The van der Waals surface area contributed by atoms with E-state index in [4.69, 9.17) is 31.3 Å². The molecule has 5 rings (SSSR count). The van der Waals surface area contributed by atoms with E-state index in [2.05, 4.69) is 88.7 Å². The van der Waals surface area contributed by atoms with Gasteiger partial charge in [-0.25, -0.2) is 19.0 Å². The van der Waals surface area contributed by atoms with Crippen molar-refractivity contribution in [2.24, 2.45) is 15.7 Å². The Balaban J connectivity index is 1.67. The van der Waals surface area contributed by atoms with Crippen molar-refractivity contribution in [1.82, 2.24) is 19.2 Å². The van der Waals surface area contributed by atoms with Crippen molar-refractivity contribution in [3.63, 3.8) is 0 Å². The molecule has 4 aromatic heterocycles. The van der Waals surface area contributed by atoms with Crippen molar-refractivity contribution in [1.29, 1.82) is 5.41 Å². The summed E-state index contributed by atoms with van der Waals surface area (Å²) in [7, 11) is 0. The zero-order valence-electron chi connectivity index (χ0n) is 25.9. The number of nitrogens with zero attached hydrogens (tertiary/aromatic N) is 8. The summed E-state index contributed by atoms with van der Waals surface area (Å²) in [5.74, 6) is 2.28. The van der Waals surface area contributed by atoms with Crippen LogP contribution in [0, 0.1) is 33.1 Å². The van der Waals surface area contributed by atoms with E-state index in [0.717, 1.165) is 77.1 Å². The highest BCUT2D eigenvalue weighted by Gasteiger charge is 2.25. The number of hydrogen-bond donors (Lipinski definition) is 3. The molecule has 0 aromatic carbocycles. The Hall–Kier alpha value is -4.67. The lowest BCUT2D eigenvalue weighted by molar-refractivity contribution is 0.814. The molecular formula is C31H41N11. The lowest BCUT2D eigenvalue weighted by Gasteiger charge is -2.21. The average molecular weight is 568 g/mol. The molecule has 1 aliphatic heterocycles. The summed E-state index contributed by atoms with van der Waals surface area (Å²) in [5, 5.41) is 22.1.